The number of rotatable bonds is 3. The highest BCUT2D eigenvalue weighted by atomic mass is 35.5. The molecule has 3 heterocycles. The van der Waals surface area contributed by atoms with Crippen molar-refractivity contribution in [2.45, 2.75) is 37.8 Å². The van der Waals surface area contributed by atoms with Gasteiger partial charge in [-0.3, -0.25) is 9.20 Å². The average Bonchev–Trinajstić information content (AvgIpc) is 3.30. The number of aromatic nitrogens is 2. The number of hydrogen-bond donors (Lipinski definition) is 1. The molecule has 2 aliphatic rings. The summed E-state index contributed by atoms with van der Waals surface area (Å²) in [6, 6.07) is 6.64. The molecule has 22 heavy (non-hydrogen) atoms. The lowest BCUT2D eigenvalue weighted by Gasteiger charge is -2.32. The molecule has 2 aromatic heterocycles. The molecule has 1 N–H and O–H groups in total. The fourth-order valence-corrected chi connectivity index (χ4v) is 3.54. The van der Waals surface area contributed by atoms with Crippen LogP contribution in [0.4, 0.5) is 0 Å². The molecule has 116 valence electrons. The summed E-state index contributed by atoms with van der Waals surface area (Å²) < 4.78 is 1.75. The highest BCUT2D eigenvalue weighted by Gasteiger charge is 2.32. The van der Waals surface area contributed by atoms with Crippen LogP contribution in [0.1, 0.15) is 36.2 Å². The molecule has 0 bridgehead atoms. The molecule has 4 rings (SSSR count). The van der Waals surface area contributed by atoms with E-state index < -0.39 is 0 Å². The van der Waals surface area contributed by atoms with Crippen LogP contribution in [-0.2, 0) is 0 Å². The summed E-state index contributed by atoms with van der Waals surface area (Å²) in [6.45, 7) is 2.16. The maximum Gasteiger partial charge on any atom is 0.271 e. The molecule has 1 amide bonds. The number of halogens is 1. The van der Waals surface area contributed by atoms with E-state index in [0.717, 1.165) is 32.0 Å². The van der Waals surface area contributed by atoms with Crippen molar-refractivity contribution in [3.63, 3.8) is 0 Å². The van der Waals surface area contributed by atoms with Gasteiger partial charge in [0.15, 0.2) is 10.8 Å². The zero-order valence-electron chi connectivity index (χ0n) is 12.3. The van der Waals surface area contributed by atoms with Gasteiger partial charge in [0.1, 0.15) is 5.65 Å². The first-order chi connectivity index (χ1) is 10.7. The average molecular weight is 319 g/mol. The van der Waals surface area contributed by atoms with Crippen LogP contribution in [-0.4, -0.2) is 45.4 Å². The molecule has 2 fully saturated rings. The van der Waals surface area contributed by atoms with E-state index in [2.05, 4.69) is 15.2 Å². The highest BCUT2D eigenvalue weighted by molar-refractivity contribution is 6.32. The summed E-state index contributed by atoms with van der Waals surface area (Å²) in [5, 5.41) is 3.39. The Morgan fingerprint density at radius 3 is 2.73 bits per heavy atom. The Hall–Kier alpha value is -1.59. The minimum atomic E-state index is -0.131. The predicted molar refractivity (Wildman–Crippen MR) is 85.3 cm³/mol. The van der Waals surface area contributed by atoms with Crippen LogP contribution in [0.2, 0.25) is 5.15 Å². The molecule has 0 atom stereocenters. The molecular weight excluding hydrogens is 300 g/mol. The fraction of sp³-hybridized carbons (Fsp3) is 0.500. The van der Waals surface area contributed by atoms with Gasteiger partial charge in [0.25, 0.3) is 5.91 Å². The Bertz CT molecular complexity index is 701. The molecule has 5 nitrogen and oxygen atoms in total. The molecule has 1 saturated carbocycles. The van der Waals surface area contributed by atoms with Crippen LogP contribution in [0.5, 0.6) is 0 Å². The van der Waals surface area contributed by atoms with Gasteiger partial charge in [-0.25, -0.2) is 4.98 Å². The van der Waals surface area contributed by atoms with Gasteiger partial charge in [-0.2, -0.15) is 0 Å². The van der Waals surface area contributed by atoms with E-state index >= 15 is 0 Å². The lowest BCUT2D eigenvalue weighted by molar-refractivity contribution is 0.0903. The third-order valence-electron chi connectivity index (χ3n) is 4.63. The highest BCUT2D eigenvalue weighted by Crippen LogP contribution is 2.29. The van der Waals surface area contributed by atoms with E-state index in [1.165, 1.54) is 12.8 Å². The number of likely N-dealkylation sites (tertiary alicyclic amines) is 1. The van der Waals surface area contributed by atoms with Crippen LogP contribution >= 0.6 is 11.6 Å². The normalized spacial score (nSPS) is 20.4. The molecule has 0 spiro atoms. The third-order valence-corrected chi connectivity index (χ3v) is 4.89. The number of fused-ring (bicyclic) bond motifs is 1. The second-order valence-electron chi connectivity index (χ2n) is 6.19. The van der Waals surface area contributed by atoms with Gasteiger partial charge in [-0.05, 0) is 37.8 Å². The summed E-state index contributed by atoms with van der Waals surface area (Å²) in [5.74, 6) is -0.131. The Balaban J connectivity index is 1.46. The molecule has 2 aromatic rings. The topological polar surface area (TPSA) is 49.6 Å². The van der Waals surface area contributed by atoms with Gasteiger partial charge < -0.3 is 10.2 Å². The first-order valence-electron chi connectivity index (χ1n) is 7.90. The van der Waals surface area contributed by atoms with Gasteiger partial charge in [-0.15, -0.1) is 0 Å². The number of carbonyl (C=O) groups is 1. The summed E-state index contributed by atoms with van der Waals surface area (Å²) in [7, 11) is 0. The molecule has 0 unspecified atom stereocenters. The molecule has 0 aromatic carbocycles. The number of hydrogen-bond acceptors (Lipinski definition) is 3. The number of nitrogens with one attached hydrogen (secondary N) is 1. The van der Waals surface area contributed by atoms with E-state index in [1.54, 1.807) is 4.40 Å². The number of imidazole rings is 1. The number of pyridine rings is 1. The van der Waals surface area contributed by atoms with E-state index in [1.807, 2.05) is 24.4 Å². The Kier molecular flexibility index (Phi) is 3.54. The second kappa shape index (κ2) is 5.56. The van der Waals surface area contributed by atoms with Crippen molar-refractivity contribution >= 4 is 23.2 Å². The molecular formula is C16H19ClN4O. The smallest absolute Gasteiger partial charge is 0.271 e. The number of nitrogens with zero attached hydrogens (tertiary/aromatic N) is 3. The predicted octanol–water partition coefficient (Wildman–Crippen LogP) is 2.34. The SMILES string of the molecule is O=C(NC1CCN(C2CC2)CC1)c1c(Cl)nc2ccccn12. The quantitative estimate of drug-likeness (QED) is 0.945. The maximum absolute atomic E-state index is 12.6. The van der Waals surface area contributed by atoms with Gasteiger partial charge >= 0.3 is 0 Å². The molecule has 1 aliphatic carbocycles. The van der Waals surface area contributed by atoms with Gasteiger partial charge in [0.05, 0.1) is 0 Å². The van der Waals surface area contributed by atoms with E-state index in [0.29, 0.717) is 11.3 Å². The zero-order chi connectivity index (χ0) is 15.1. The van der Waals surface area contributed by atoms with Crippen molar-refractivity contribution in [1.82, 2.24) is 19.6 Å². The van der Waals surface area contributed by atoms with Gasteiger partial charge in [-0.1, -0.05) is 17.7 Å². The summed E-state index contributed by atoms with van der Waals surface area (Å²) in [5.41, 5.74) is 1.13. The number of piperidine rings is 1. The van der Waals surface area contributed by atoms with Gasteiger partial charge in [0, 0.05) is 31.4 Å². The summed E-state index contributed by atoms with van der Waals surface area (Å²) >= 11 is 6.15. The van der Waals surface area contributed by atoms with Crippen molar-refractivity contribution in [3.05, 3.63) is 35.2 Å². The van der Waals surface area contributed by atoms with Crippen LogP contribution in [0.3, 0.4) is 0 Å². The van der Waals surface area contributed by atoms with E-state index in [4.69, 9.17) is 11.6 Å². The first kappa shape index (κ1) is 14.0. The van der Waals surface area contributed by atoms with E-state index in [9.17, 15) is 4.79 Å². The second-order valence-corrected chi connectivity index (χ2v) is 6.55. The minimum absolute atomic E-state index is 0.131. The lowest BCUT2D eigenvalue weighted by atomic mass is 10.0. The van der Waals surface area contributed by atoms with Crippen LogP contribution in [0, 0.1) is 0 Å². The molecule has 0 radical (unpaired) electrons. The summed E-state index contributed by atoms with van der Waals surface area (Å²) in [4.78, 5) is 19.3. The van der Waals surface area contributed by atoms with Gasteiger partial charge in [0.2, 0.25) is 0 Å². The van der Waals surface area contributed by atoms with E-state index in [-0.39, 0.29) is 17.1 Å². The monoisotopic (exact) mass is 318 g/mol. The van der Waals surface area contributed by atoms with Crippen molar-refractivity contribution in [2.24, 2.45) is 0 Å². The van der Waals surface area contributed by atoms with Crippen molar-refractivity contribution in [1.29, 1.82) is 0 Å². The van der Waals surface area contributed by atoms with Crippen LogP contribution in [0.25, 0.3) is 5.65 Å². The fourth-order valence-electron chi connectivity index (χ4n) is 3.27. The molecule has 1 aliphatic heterocycles. The Morgan fingerprint density at radius 1 is 1.23 bits per heavy atom. The van der Waals surface area contributed by atoms with Crippen molar-refractivity contribution < 1.29 is 4.79 Å². The Labute approximate surface area is 134 Å². The van der Waals surface area contributed by atoms with Crippen molar-refractivity contribution in [2.75, 3.05) is 13.1 Å². The van der Waals surface area contributed by atoms with Crippen LogP contribution < -0.4 is 5.32 Å². The number of amides is 1. The van der Waals surface area contributed by atoms with Crippen molar-refractivity contribution in [3.8, 4) is 0 Å². The first-order valence-corrected chi connectivity index (χ1v) is 8.27. The minimum Gasteiger partial charge on any atom is -0.348 e. The Morgan fingerprint density at radius 2 is 2.00 bits per heavy atom. The van der Waals surface area contributed by atoms with Crippen LogP contribution in [0.15, 0.2) is 24.4 Å². The summed E-state index contributed by atoms with van der Waals surface area (Å²) in [6.07, 6.45) is 6.52. The standard InChI is InChI=1S/C16H19ClN4O/c17-15-14(21-8-2-1-3-13(21)19-15)16(22)18-11-6-9-20(10-7-11)12-4-5-12/h1-3,8,11-12H,4-7,9-10H2,(H,18,22). The largest absolute Gasteiger partial charge is 0.348 e. The maximum atomic E-state index is 12.6. The number of carbonyl (C=O) groups excluding carboxylic acids is 1. The molecule has 1 saturated heterocycles. The third kappa shape index (κ3) is 2.59. The molecule has 6 heteroatoms. The zero-order valence-corrected chi connectivity index (χ0v) is 13.1. The lowest BCUT2D eigenvalue weighted by Crippen LogP contribution is -2.45.